The zero-order valence-electron chi connectivity index (χ0n) is 10.6. The van der Waals surface area contributed by atoms with Gasteiger partial charge in [0.2, 0.25) is 6.79 Å². The van der Waals surface area contributed by atoms with Crippen LogP contribution in [0.25, 0.3) is 6.08 Å². The summed E-state index contributed by atoms with van der Waals surface area (Å²) in [6.45, 7) is 0.233. The molecule has 18 heavy (non-hydrogen) atoms. The van der Waals surface area contributed by atoms with Crippen molar-refractivity contribution in [1.29, 1.82) is 0 Å². The summed E-state index contributed by atoms with van der Waals surface area (Å²) in [6, 6.07) is 3.73. The molecule has 0 saturated heterocycles. The molecule has 0 atom stereocenters. The van der Waals surface area contributed by atoms with Crippen molar-refractivity contribution in [3.63, 3.8) is 0 Å². The smallest absolute Gasteiger partial charge is 0.231 e. The Bertz CT molecular complexity index is 437. The molecule has 0 amide bonds. The fourth-order valence-electron chi connectivity index (χ4n) is 1.81. The molecule has 0 N–H and O–H groups in total. The van der Waals surface area contributed by atoms with E-state index in [1.807, 2.05) is 18.2 Å². The predicted octanol–water partition coefficient (Wildman–Crippen LogP) is 2.32. The highest BCUT2D eigenvalue weighted by molar-refractivity contribution is 5.60. The Labute approximate surface area is 106 Å². The lowest BCUT2D eigenvalue weighted by atomic mass is 10.1. The first-order valence-electron chi connectivity index (χ1n) is 5.48. The van der Waals surface area contributed by atoms with Gasteiger partial charge in [-0.15, -0.1) is 0 Å². The minimum atomic E-state index is -0.462. The molecule has 0 fully saturated rings. The van der Waals surface area contributed by atoms with E-state index in [1.54, 1.807) is 27.6 Å². The maximum atomic E-state index is 5.35. The molecule has 5 nitrogen and oxygen atoms in total. The third-order valence-electron chi connectivity index (χ3n) is 2.64. The summed E-state index contributed by atoms with van der Waals surface area (Å²) in [6.07, 6.45) is 2.95. The van der Waals surface area contributed by atoms with Crippen LogP contribution in [0.3, 0.4) is 0 Å². The first-order chi connectivity index (χ1) is 8.80. The number of hydrogen-bond acceptors (Lipinski definition) is 5. The number of rotatable bonds is 5. The molecule has 1 aliphatic heterocycles. The van der Waals surface area contributed by atoms with Gasteiger partial charge in [-0.3, -0.25) is 0 Å². The number of benzene rings is 1. The summed E-state index contributed by atoms with van der Waals surface area (Å²) in [5, 5.41) is 0. The Hall–Kier alpha value is -1.72. The van der Waals surface area contributed by atoms with Gasteiger partial charge in [0.25, 0.3) is 0 Å². The van der Waals surface area contributed by atoms with Crippen molar-refractivity contribution in [3.8, 4) is 11.5 Å². The fourth-order valence-corrected chi connectivity index (χ4v) is 1.81. The topological polar surface area (TPSA) is 46.2 Å². The van der Waals surface area contributed by atoms with Crippen LogP contribution in [0.1, 0.15) is 17.4 Å². The SMILES string of the molecule is COC=Cc1cc2c(cc1C(OC)OC)OCO2. The summed E-state index contributed by atoms with van der Waals surface area (Å²) in [7, 11) is 4.76. The Balaban J connectivity index is 2.44. The van der Waals surface area contributed by atoms with Crippen LogP contribution in [-0.4, -0.2) is 28.1 Å². The molecule has 1 aromatic carbocycles. The normalized spacial score (nSPS) is 13.6. The lowest BCUT2D eigenvalue weighted by molar-refractivity contribution is -0.106. The quantitative estimate of drug-likeness (QED) is 0.594. The molecule has 1 aromatic rings. The zero-order valence-corrected chi connectivity index (χ0v) is 10.6. The highest BCUT2D eigenvalue weighted by Gasteiger charge is 2.21. The van der Waals surface area contributed by atoms with E-state index >= 15 is 0 Å². The van der Waals surface area contributed by atoms with Crippen molar-refractivity contribution in [3.05, 3.63) is 29.5 Å². The molecule has 0 radical (unpaired) electrons. The maximum Gasteiger partial charge on any atom is 0.231 e. The average molecular weight is 252 g/mol. The zero-order chi connectivity index (χ0) is 13.0. The molecule has 98 valence electrons. The van der Waals surface area contributed by atoms with Gasteiger partial charge >= 0.3 is 0 Å². The molecular weight excluding hydrogens is 236 g/mol. The van der Waals surface area contributed by atoms with E-state index in [2.05, 4.69) is 0 Å². The van der Waals surface area contributed by atoms with Gasteiger partial charge in [0, 0.05) is 19.8 Å². The molecule has 0 aliphatic carbocycles. The number of ether oxygens (including phenoxy) is 5. The number of methoxy groups -OCH3 is 3. The van der Waals surface area contributed by atoms with E-state index < -0.39 is 6.29 Å². The summed E-state index contributed by atoms with van der Waals surface area (Å²) in [5.41, 5.74) is 1.76. The largest absolute Gasteiger partial charge is 0.504 e. The Kier molecular flexibility index (Phi) is 4.07. The van der Waals surface area contributed by atoms with Gasteiger partial charge in [0.15, 0.2) is 17.8 Å². The van der Waals surface area contributed by atoms with Gasteiger partial charge in [-0.25, -0.2) is 0 Å². The van der Waals surface area contributed by atoms with Crippen LogP contribution < -0.4 is 9.47 Å². The second-order valence-electron chi connectivity index (χ2n) is 3.68. The molecule has 1 aliphatic rings. The van der Waals surface area contributed by atoms with Gasteiger partial charge in [-0.2, -0.15) is 0 Å². The van der Waals surface area contributed by atoms with Crippen molar-refractivity contribution in [2.45, 2.75) is 6.29 Å². The predicted molar refractivity (Wildman–Crippen MR) is 65.4 cm³/mol. The van der Waals surface area contributed by atoms with Crippen LogP contribution in [0.4, 0.5) is 0 Å². The minimum absolute atomic E-state index is 0.233. The van der Waals surface area contributed by atoms with Gasteiger partial charge in [-0.05, 0) is 23.8 Å². The van der Waals surface area contributed by atoms with E-state index in [0.717, 1.165) is 11.1 Å². The molecule has 2 rings (SSSR count). The van der Waals surface area contributed by atoms with Crippen molar-refractivity contribution >= 4 is 6.08 Å². The van der Waals surface area contributed by atoms with Crippen molar-refractivity contribution in [2.24, 2.45) is 0 Å². The van der Waals surface area contributed by atoms with Crippen LogP contribution in [0.2, 0.25) is 0 Å². The van der Waals surface area contributed by atoms with Crippen LogP contribution >= 0.6 is 0 Å². The summed E-state index contributed by atoms with van der Waals surface area (Å²) < 4.78 is 26.2. The molecule has 0 bridgehead atoms. The Morgan fingerprint density at radius 1 is 1.11 bits per heavy atom. The molecule has 0 unspecified atom stereocenters. The molecule has 1 heterocycles. The Morgan fingerprint density at radius 2 is 1.78 bits per heavy atom. The van der Waals surface area contributed by atoms with E-state index in [-0.39, 0.29) is 6.79 Å². The summed E-state index contributed by atoms with van der Waals surface area (Å²) in [4.78, 5) is 0. The fraction of sp³-hybridized carbons (Fsp3) is 0.385. The highest BCUT2D eigenvalue weighted by atomic mass is 16.7. The van der Waals surface area contributed by atoms with Gasteiger partial charge in [-0.1, -0.05) is 0 Å². The highest BCUT2D eigenvalue weighted by Crippen LogP contribution is 2.38. The standard InChI is InChI=1S/C13H16O5/c1-14-5-4-9-6-11-12(18-8-17-11)7-10(9)13(15-2)16-3/h4-7,13H,8H2,1-3H3. The second kappa shape index (κ2) is 5.75. The third-order valence-corrected chi connectivity index (χ3v) is 2.64. The van der Waals surface area contributed by atoms with E-state index in [0.29, 0.717) is 11.5 Å². The second-order valence-corrected chi connectivity index (χ2v) is 3.68. The number of fused-ring (bicyclic) bond motifs is 1. The minimum Gasteiger partial charge on any atom is -0.504 e. The van der Waals surface area contributed by atoms with Gasteiger partial charge in [0.1, 0.15) is 0 Å². The van der Waals surface area contributed by atoms with Crippen LogP contribution in [0.5, 0.6) is 11.5 Å². The van der Waals surface area contributed by atoms with Crippen LogP contribution in [0.15, 0.2) is 18.4 Å². The van der Waals surface area contributed by atoms with Crippen LogP contribution in [-0.2, 0) is 14.2 Å². The maximum absolute atomic E-state index is 5.35. The first kappa shape index (κ1) is 12.7. The summed E-state index contributed by atoms with van der Waals surface area (Å²) in [5.74, 6) is 1.40. The lowest BCUT2D eigenvalue weighted by Crippen LogP contribution is -2.05. The van der Waals surface area contributed by atoms with Gasteiger partial charge < -0.3 is 23.7 Å². The molecule has 0 saturated carbocycles. The van der Waals surface area contributed by atoms with Gasteiger partial charge in [0.05, 0.1) is 13.4 Å². The molecular formula is C13H16O5. The number of hydrogen-bond donors (Lipinski definition) is 0. The van der Waals surface area contributed by atoms with Crippen LogP contribution in [0, 0.1) is 0 Å². The van der Waals surface area contributed by atoms with Crippen molar-refractivity contribution in [1.82, 2.24) is 0 Å². The lowest BCUT2D eigenvalue weighted by Gasteiger charge is -2.16. The molecule has 0 aromatic heterocycles. The van der Waals surface area contributed by atoms with Crippen molar-refractivity contribution in [2.75, 3.05) is 28.1 Å². The molecule has 5 heteroatoms. The monoisotopic (exact) mass is 252 g/mol. The van der Waals surface area contributed by atoms with E-state index in [4.69, 9.17) is 23.7 Å². The third kappa shape index (κ3) is 2.42. The van der Waals surface area contributed by atoms with Crippen molar-refractivity contribution < 1.29 is 23.7 Å². The summed E-state index contributed by atoms with van der Waals surface area (Å²) >= 11 is 0. The molecule has 0 spiro atoms. The Morgan fingerprint density at radius 3 is 2.39 bits per heavy atom. The first-order valence-corrected chi connectivity index (χ1v) is 5.48. The van der Waals surface area contributed by atoms with E-state index in [9.17, 15) is 0 Å². The van der Waals surface area contributed by atoms with E-state index in [1.165, 1.54) is 0 Å². The average Bonchev–Trinajstić information content (AvgIpc) is 2.84.